The summed E-state index contributed by atoms with van der Waals surface area (Å²) in [5, 5.41) is -0.407. The number of hydrogen-bond donors (Lipinski definition) is 0. The Morgan fingerprint density at radius 1 is 1.00 bits per heavy atom. The SMILES string of the molecule is CC.CS(F)(F)(F)(F)F.O=C(Cl)c1ccccc1. The Morgan fingerprint density at radius 3 is 1.44 bits per heavy atom. The normalized spacial score (nSPS) is 13.8. The van der Waals surface area contributed by atoms with Gasteiger partial charge in [0.15, 0.2) is 0 Å². The summed E-state index contributed by atoms with van der Waals surface area (Å²) in [4.78, 5) is 10.4. The van der Waals surface area contributed by atoms with Gasteiger partial charge >= 0.3 is 0 Å². The molecule has 1 rings (SSSR count). The van der Waals surface area contributed by atoms with Crippen LogP contribution in [-0.4, -0.2) is 11.5 Å². The molecular formula is C10H14ClF5OS. The lowest BCUT2D eigenvalue weighted by atomic mass is 10.2. The van der Waals surface area contributed by atoms with Crippen LogP contribution in [0.25, 0.3) is 0 Å². The first-order valence-corrected chi connectivity index (χ1v) is 7.47. The number of carbonyl (C=O) groups is 1. The molecule has 0 aliphatic rings. The largest absolute Gasteiger partial charge is 0.283 e. The Bertz CT molecular complexity index is 361. The van der Waals surface area contributed by atoms with E-state index in [2.05, 4.69) is 0 Å². The summed E-state index contributed by atoms with van der Waals surface area (Å²) in [5.74, 6) is 0. The van der Waals surface area contributed by atoms with E-state index in [0.29, 0.717) is 5.56 Å². The Morgan fingerprint density at radius 2 is 1.28 bits per heavy atom. The maximum atomic E-state index is 10.5. The highest BCUT2D eigenvalue weighted by Crippen LogP contribution is 2.95. The lowest BCUT2D eigenvalue weighted by Crippen LogP contribution is -1.99. The minimum Gasteiger partial charge on any atom is -0.276 e. The molecule has 0 saturated heterocycles. The number of rotatable bonds is 1. The van der Waals surface area contributed by atoms with Gasteiger partial charge in [-0.2, -0.15) is 0 Å². The average molecular weight is 313 g/mol. The predicted molar refractivity (Wildman–Crippen MR) is 67.0 cm³/mol. The molecule has 1 aromatic rings. The summed E-state index contributed by atoms with van der Waals surface area (Å²) in [5.41, 5.74) is 0.541. The second-order valence-corrected chi connectivity index (χ2v) is 6.05. The van der Waals surface area contributed by atoms with Crippen molar-refractivity contribution in [2.75, 3.05) is 6.26 Å². The van der Waals surface area contributed by atoms with Gasteiger partial charge in [-0.1, -0.05) is 63.6 Å². The summed E-state index contributed by atoms with van der Waals surface area (Å²) in [6.07, 6.45) is -0.986. The maximum Gasteiger partial charge on any atom is 0.283 e. The van der Waals surface area contributed by atoms with E-state index in [0.717, 1.165) is 0 Å². The van der Waals surface area contributed by atoms with Crippen molar-refractivity contribution < 1.29 is 24.2 Å². The summed E-state index contributed by atoms with van der Waals surface area (Å²) < 4.78 is 52.6. The average Bonchev–Trinajstić information content (AvgIpc) is 2.17. The van der Waals surface area contributed by atoms with Crippen molar-refractivity contribution in [2.24, 2.45) is 0 Å². The van der Waals surface area contributed by atoms with E-state index in [-0.39, 0.29) is 0 Å². The van der Waals surface area contributed by atoms with Gasteiger partial charge in [-0.3, -0.25) is 4.79 Å². The van der Waals surface area contributed by atoms with Gasteiger partial charge in [0.05, 0.1) is 6.26 Å². The van der Waals surface area contributed by atoms with Crippen LogP contribution in [0.15, 0.2) is 30.3 Å². The van der Waals surface area contributed by atoms with Crippen molar-refractivity contribution in [1.29, 1.82) is 0 Å². The van der Waals surface area contributed by atoms with E-state index in [1.165, 1.54) is 0 Å². The molecule has 0 aliphatic heterocycles. The Kier molecular flexibility index (Phi) is 6.38. The number of carbonyl (C=O) groups excluding carboxylic acids is 1. The van der Waals surface area contributed by atoms with Crippen LogP contribution in [0.4, 0.5) is 19.4 Å². The van der Waals surface area contributed by atoms with Gasteiger partial charge < -0.3 is 0 Å². The van der Waals surface area contributed by atoms with Crippen LogP contribution < -0.4 is 0 Å². The zero-order valence-electron chi connectivity index (χ0n) is 9.97. The van der Waals surface area contributed by atoms with Crippen LogP contribution in [-0.2, 0) is 0 Å². The molecule has 18 heavy (non-hydrogen) atoms. The fourth-order valence-corrected chi connectivity index (χ4v) is 0.695. The molecule has 0 unspecified atom stereocenters. The standard InChI is InChI=1S/C7H5ClO.C2H6.CH3F5S/c8-7(9)6-4-2-1-3-5-6;1-2;1-7(2,3,4,5)6/h1-5H;1-2H3;1H3. The molecular weight excluding hydrogens is 299 g/mol. The molecule has 0 bridgehead atoms. The van der Waals surface area contributed by atoms with Crippen LogP contribution in [0.1, 0.15) is 24.2 Å². The predicted octanol–water partition coefficient (Wildman–Crippen LogP) is 6.01. The molecule has 1 nitrogen and oxygen atoms in total. The molecule has 1 aromatic carbocycles. The highest BCUT2D eigenvalue weighted by molar-refractivity contribution is 8.45. The molecule has 8 heteroatoms. The van der Waals surface area contributed by atoms with Crippen molar-refractivity contribution in [3.63, 3.8) is 0 Å². The summed E-state index contributed by atoms with van der Waals surface area (Å²) in [6.45, 7) is 4.00. The van der Waals surface area contributed by atoms with E-state index in [4.69, 9.17) is 11.6 Å². The van der Waals surface area contributed by atoms with Crippen molar-refractivity contribution in [3.8, 4) is 0 Å². The molecule has 0 aromatic heterocycles. The summed E-state index contributed by atoms with van der Waals surface area (Å²) in [7, 11) is -8.97. The third-order valence-corrected chi connectivity index (χ3v) is 1.22. The van der Waals surface area contributed by atoms with Crippen LogP contribution in [0.2, 0.25) is 0 Å². The fraction of sp³-hybridized carbons (Fsp3) is 0.300. The molecule has 0 saturated carbocycles. The smallest absolute Gasteiger partial charge is 0.276 e. The van der Waals surface area contributed by atoms with Crippen LogP contribution in [0.5, 0.6) is 0 Å². The van der Waals surface area contributed by atoms with E-state index in [9.17, 15) is 24.2 Å². The van der Waals surface area contributed by atoms with Gasteiger partial charge in [-0.05, 0) is 11.6 Å². The summed E-state index contributed by atoms with van der Waals surface area (Å²) >= 11 is 5.16. The minimum absolute atomic E-state index is 0.407. The monoisotopic (exact) mass is 312 g/mol. The van der Waals surface area contributed by atoms with Crippen LogP contribution in [0.3, 0.4) is 0 Å². The first kappa shape index (κ1) is 19.5. The molecule has 0 N–H and O–H groups in total. The fourth-order valence-electron chi connectivity index (χ4n) is 0.569. The van der Waals surface area contributed by atoms with Crippen molar-refractivity contribution in [3.05, 3.63) is 35.9 Å². The quantitative estimate of drug-likeness (QED) is 0.458. The van der Waals surface area contributed by atoms with Crippen LogP contribution in [0, 0.1) is 0 Å². The molecule has 0 spiro atoms. The van der Waals surface area contributed by atoms with Gasteiger partial charge in [-0.15, -0.1) is 0 Å². The van der Waals surface area contributed by atoms with Gasteiger partial charge in [0.2, 0.25) is 0 Å². The Balaban J connectivity index is 0. The molecule has 0 radical (unpaired) electrons. The number of benzene rings is 1. The first-order valence-electron chi connectivity index (χ1n) is 4.73. The van der Waals surface area contributed by atoms with Crippen molar-refractivity contribution >= 4 is 27.1 Å². The van der Waals surface area contributed by atoms with E-state index in [1.807, 2.05) is 19.9 Å². The second-order valence-electron chi connectivity index (χ2n) is 2.99. The number of hydrogen-bond acceptors (Lipinski definition) is 1. The molecule has 0 atom stereocenters. The molecule has 0 fully saturated rings. The van der Waals surface area contributed by atoms with Gasteiger partial charge in [0, 0.05) is 5.56 Å². The number of halogens is 6. The van der Waals surface area contributed by atoms with Crippen molar-refractivity contribution in [2.45, 2.75) is 13.8 Å². The van der Waals surface area contributed by atoms with Gasteiger partial charge in [-0.25, -0.2) is 0 Å². The topological polar surface area (TPSA) is 17.1 Å². The lowest BCUT2D eigenvalue weighted by molar-refractivity contribution is 0.108. The third-order valence-electron chi connectivity index (χ3n) is 1.00. The zero-order valence-corrected chi connectivity index (χ0v) is 11.5. The second kappa shape index (κ2) is 5.88. The summed E-state index contributed by atoms with van der Waals surface area (Å²) in [6, 6.07) is 8.74. The van der Waals surface area contributed by atoms with E-state index >= 15 is 0 Å². The van der Waals surface area contributed by atoms with Gasteiger partial charge in [0.25, 0.3) is 15.5 Å². The molecule has 0 heterocycles. The highest BCUT2D eigenvalue weighted by Gasteiger charge is 2.57. The molecule has 0 amide bonds. The zero-order chi connectivity index (χ0) is 15.1. The molecule has 108 valence electrons. The van der Waals surface area contributed by atoms with E-state index in [1.54, 1.807) is 24.3 Å². The van der Waals surface area contributed by atoms with Gasteiger partial charge in [0.1, 0.15) is 0 Å². The first-order chi connectivity index (χ1) is 7.75. The highest BCUT2D eigenvalue weighted by atomic mass is 35.5. The third kappa shape index (κ3) is 24.4. The molecule has 0 aliphatic carbocycles. The van der Waals surface area contributed by atoms with Crippen molar-refractivity contribution in [1.82, 2.24) is 0 Å². The lowest BCUT2D eigenvalue weighted by Gasteiger charge is -2.35. The minimum atomic E-state index is -8.97. The van der Waals surface area contributed by atoms with Crippen LogP contribution >= 0.6 is 21.8 Å². The maximum absolute atomic E-state index is 10.5. The van der Waals surface area contributed by atoms with E-state index < -0.39 is 21.7 Å². The Hall–Kier alpha value is -0.820. The Labute approximate surface area is 108 Å².